The second-order valence-corrected chi connectivity index (χ2v) is 6.67. The zero-order valence-corrected chi connectivity index (χ0v) is 15.0. The standard InChI is InChI=1S/C19H18F2N6O/c20-15-8-12(7-14-11(9-25-28)1-6-23-18(14)15)17-16(21)10-24-19(27-17)26-13-2-4-22-5-3-13/h1,6-8,10,13,22H,2-5,9H2,(H,24,26,27). The van der Waals surface area contributed by atoms with Crippen molar-refractivity contribution in [2.24, 2.45) is 5.18 Å². The molecule has 0 amide bonds. The SMILES string of the molecule is O=NCc1ccnc2c(F)cc(-c3nc(NC4CCNCC4)ncc3F)cc12. The van der Waals surface area contributed by atoms with Crippen LogP contribution in [0.2, 0.25) is 0 Å². The van der Waals surface area contributed by atoms with Gasteiger partial charge in [-0.2, -0.15) is 4.91 Å². The summed E-state index contributed by atoms with van der Waals surface area (Å²) in [6, 6.07) is 4.55. The molecule has 9 heteroatoms. The molecule has 1 aliphatic rings. The van der Waals surface area contributed by atoms with Gasteiger partial charge in [0.05, 0.1) is 6.20 Å². The van der Waals surface area contributed by atoms with E-state index in [4.69, 9.17) is 0 Å². The average molecular weight is 384 g/mol. The van der Waals surface area contributed by atoms with E-state index in [1.165, 1.54) is 12.3 Å². The molecule has 2 aromatic heterocycles. The first-order valence-electron chi connectivity index (χ1n) is 9.02. The molecule has 0 aliphatic carbocycles. The molecule has 3 heterocycles. The Hall–Kier alpha value is -3.07. The number of anilines is 1. The molecule has 28 heavy (non-hydrogen) atoms. The summed E-state index contributed by atoms with van der Waals surface area (Å²) < 4.78 is 29.0. The Morgan fingerprint density at radius 3 is 2.79 bits per heavy atom. The molecule has 1 saturated heterocycles. The normalized spacial score (nSPS) is 14.9. The van der Waals surface area contributed by atoms with Gasteiger partial charge in [-0.25, -0.2) is 18.7 Å². The lowest BCUT2D eigenvalue weighted by molar-refractivity contribution is 0.477. The number of hydrogen-bond donors (Lipinski definition) is 2. The summed E-state index contributed by atoms with van der Waals surface area (Å²) in [7, 11) is 0. The van der Waals surface area contributed by atoms with E-state index in [1.807, 2.05) is 0 Å². The second-order valence-electron chi connectivity index (χ2n) is 6.67. The van der Waals surface area contributed by atoms with Crippen molar-refractivity contribution in [3.63, 3.8) is 0 Å². The summed E-state index contributed by atoms with van der Waals surface area (Å²) in [5.74, 6) is -0.982. The van der Waals surface area contributed by atoms with E-state index >= 15 is 0 Å². The van der Waals surface area contributed by atoms with E-state index < -0.39 is 11.6 Å². The van der Waals surface area contributed by atoms with Crippen molar-refractivity contribution in [3.8, 4) is 11.3 Å². The highest BCUT2D eigenvalue weighted by Crippen LogP contribution is 2.29. The lowest BCUT2D eigenvalue weighted by Crippen LogP contribution is -2.35. The highest BCUT2D eigenvalue weighted by atomic mass is 19.1. The third-order valence-electron chi connectivity index (χ3n) is 4.81. The predicted octanol–water partition coefficient (Wildman–Crippen LogP) is 3.40. The first-order chi connectivity index (χ1) is 13.7. The quantitative estimate of drug-likeness (QED) is 0.655. The molecule has 2 N–H and O–H groups in total. The van der Waals surface area contributed by atoms with Crippen molar-refractivity contribution in [1.29, 1.82) is 0 Å². The smallest absolute Gasteiger partial charge is 0.223 e. The van der Waals surface area contributed by atoms with E-state index in [0.717, 1.165) is 32.1 Å². The zero-order chi connectivity index (χ0) is 19.5. The fraction of sp³-hybridized carbons (Fsp3) is 0.316. The Balaban J connectivity index is 1.75. The Kier molecular flexibility index (Phi) is 5.16. The molecule has 0 spiro atoms. The first kappa shape index (κ1) is 18.3. The van der Waals surface area contributed by atoms with Crippen LogP contribution in [0.5, 0.6) is 0 Å². The van der Waals surface area contributed by atoms with Crippen LogP contribution in [0.1, 0.15) is 18.4 Å². The third kappa shape index (κ3) is 3.65. The van der Waals surface area contributed by atoms with Crippen LogP contribution in [-0.4, -0.2) is 34.1 Å². The van der Waals surface area contributed by atoms with Crippen molar-refractivity contribution in [2.75, 3.05) is 18.4 Å². The van der Waals surface area contributed by atoms with Gasteiger partial charge in [-0.15, -0.1) is 0 Å². The van der Waals surface area contributed by atoms with Gasteiger partial charge in [0.15, 0.2) is 5.82 Å². The number of aromatic nitrogens is 3. The van der Waals surface area contributed by atoms with Crippen molar-refractivity contribution >= 4 is 16.9 Å². The Labute approximate surface area is 159 Å². The topological polar surface area (TPSA) is 92.2 Å². The molecule has 1 aromatic carbocycles. The molecule has 1 aliphatic heterocycles. The Morgan fingerprint density at radius 1 is 1.18 bits per heavy atom. The first-order valence-corrected chi connectivity index (χ1v) is 9.02. The Morgan fingerprint density at radius 2 is 2.00 bits per heavy atom. The lowest BCUT2D eigenvalue weighted by Gasteiger charge is -2.23. The summed E-state index contributed by atoms with van der Waals surface area (Å²) in [6.07, 6.45) is 4.31. The minimum atomic E-state index is -0.659. The molecular weight excluding hydrogens is 366 g/mol. The van der Waals surface area contributed by atoms with Crippen molar-refractivity contribution < 1.29 is 8.78 Å². The molecule has 4 rings (SSSR count). The number of nitrogens with zero attached hydrogens (tertiary/aromatic N) is 4. The number of benzene rings is 1. The minimum Gasteiger partial charge on any atom is -0.351 e. The highest BCUT2D eigenvalue weighted by molar-refractivity contribution is 5.87. The van der Waals surface area contributed by atoms with Crippen molar-refractivity contribution in [2.45, 2.75) is 25.4 Å². The summed E-state index contributed by atoms with van der Waals surface area (Å²) in [5.41, 5.74) is 0.857. The lowest BCUT2D eigenvalue weighted by atomic mass is 10.0. The fourth-order valence-electron chi connectivity index (χ4n) is 3.40. The van der Waals surface area contributed by atoms with Crippen LogP contribution in [0.3, 0.4) is 0 Å². The maximum Gasteiger partial charge on any atom is 0.223 e. The van der Waals surface area contributed by atoms with Crippen LogP contribution in [0.15, 0.2) is 35.8 Å². The maximum absolute atomic E-state index is 14.6. The Bertz CT molecular complexity index is 1020. The molecule has 144 valence electrons. The van der Waals surface area contributed by atoms with Crippen LogP contribution in [-0.2, 0) is 6.54 Å². The van der Waals surface area contributed by atoms with E-state index in [-0.39, 0.29) is 29.4 Å². The van der Waals surface area contributed by atoms with Crippen LogP contribution >= 0.6 is 0 Å². The van der Waals surface area contributed by atoms with Gasteiger partial charge in [-0.05, 0) is 49.7 Å². The number of pyridine rings is 1. The van der Waals surface area contributed by atoms with Gasteiger partial charge in [0.25, 0.3) is 0 Å². The minimum absolute atomic E-state index is 0.0129. The molecular formula is C19H18F2N6O. The van der Waals surface area contributed by atoms with E-state index in [9.17, 15) is 13.7 Å². The number of rotatable bonds is 5. The van der Waals surface area contributed by atoms with Gasteiger partial charge in [0.1, 0.15) is 23.6 Å². The highest BCUT2D eigenvalue weighted by Gasteiger charge is 2.17. The molecule has 0 atom stereocenters. The fourth-order valence-corrected chi connectivity index (χ4v) is 3.40. The van der Waals surface area contributed by atoms with E-state index in [2.05, 4.69) is 30.8 Å². The summed E-state index contributed by atoms with van der Waals surface area (Å²) in [5, 5.41) is 9.75. The number of nitroso groups, excluding NO2 is 1. The average Bonchev–Trinajstić information content (AvgIpc) is 2.71. The summed E-state index contributed by atoms with van der Waals surface area (Å²) in [4.78, 5) is 23.0. The molecule has 1 fully saturated rings. The van der Waals surface area contributed by atoms with Crippen LogP contribution in [0, 0.1) is 16.5 Å². The van der Waals surface area contributed by atoms with Gasteiger partial charge >= 0.3 is 0 Å². The molecule has 0 saturated carbocycles. The van der Waals surface area contributed by atoms with E-state index in [1.54, 1.807) is 12.1 Å². The molecule has 0 unspecified atom stereocenters. The number of halogens is 2. The van der Waals surface area contributed by atoms with E-state index in [0.29, 0.717) is 16.9 Å². The van der Waals surface area contributed by atoms with Crippen LogP contribution in [0.4, 0.5) is 14.7 Å². The zero-order valence-electron chi connectivity index (χ0n) is 15.0. The molecule has 3 aromatic rings. The number of fused-ring (bicyclic) bond motifs is 1. The van der Waals surface area contributed by atoms with Crippen molar-refractivity contribution in [3.05, 3.63) is 52.7 Å². The number of piperidine rings is 1. The molecule has 0 radical (unpaired) electrons. The second kappa shape index (κ2) is 7.89. The summed E-state index contributed by atoms with van der Waals surface area (Å²) in [6.45, 7) is 1.65. The maximum atomic E-state index is 14.6. The monoisotopic (exact) mass is 384 g/mol. The number of nitrogens with one attached hydrogen (secondary N) is 2. The largest absolute Gasteiger partial charge is 0.351 e. The van der Waals surface area contributed by atoms with Gasteiger partial charge in [-0.3, -0.25) is 4.98 Å². The summed E-state index contributed by atoms with van der Waals surface area (Å²) >= 11 is 0. The molecule has 7 nitrogen and oxygen atoms in total. The van der Waals surface area contributed by atoms with Gasteiger partial charge in [-0.1, -0.05) is 5.18 Å². The van der Waals surface area contributed by atoms with Crippen LogP contribution in [0.25, 0.3) is 22.2 Å². The van der Waals surface area contributed by atoms with Crippen molar-refractivity contribution in [1.82, 2.24) is 20.3 Å². The van der Waals surface area contributed by atoms with Gasteiger partial charge in [0, 0.05) is 23.2 Å². The number of hydrogen-bond acceptors (Lipinski definition) is 7. The van der Waals surface area contributed by atoms with Crippen LogP contribution < -0.4 is 10.6 Å². The predicted molar refractivity (Wildman–Crippen MR) is 102 cm³/mol. The van der Waals surface area contributed by atoms with Gasteiger partial charge in [0.2, 0.25) is 5.95 Å². The molecule has 0 bridgehead atoms. The van der Waals surface area contributed by atoms with Gasteiger partial charge < -0.3 is 10.6 Å². The third-order valence-corrected chi connectivity index (χ3v) is 4.81.